The van der Waals surface area contributed by atoms with E-state index in [4.69, 9.17) is 23.7 Å². The van der Waals surface area contributed by atoms with Crippen LogP contribution in [-0.4, -0.2) is 66.1 Å². The van der Waals surface area contributed by atoms with E-state index < -0.39 is 52.9 Å². The van der Waals surface area contributed by atoms with Gasteiger partial charge in [0.05, 0.1) is 5.25 Å². The molecule has 0 bridgehead atoms. The Labute approximate surface area is 156 Å². The molecule has 9 nitrogen and oxygen atoms in total. The Morgan fingerprint density at radius 3 is 1.73 bits per heavy atom. The molecule has 0 spiro atoms. The zero-order chi connectivity index (χ0) is 19.9. The number of carbonyl (C=O) groups is 4. The SMILES string of the molecule is CCOC1S[C@H](COC(C)=O)[C@@H](OC(C)=O)[C@H](OC(C)=O)[C@H]1OC(C)=O. The van der Waals surface area contributed by atoms with Crippen LogP contribution in [0.25, 0.3) is 0 Å². The molecule has 1 aliphatic rings. The monoisotopic (exact) mass is 392 g/mol. The van der Waals surface area contributed by atoms with Crippen molar-refractivity contribution in [2.24, 2.45) is 0 Å². The Bertz CT molecular complexity index is 536. The normalized spacial score (nSPS) is 28.0. The lowest BCUT2D eigenvalue weighted by atomic mass is 10.0. The van der Waals surface area contributed by atoms with Crippen molar-refractivity contribution in [1.82, 2.24) is 0 Å². The van der Waals surface area contributed by atoms with Crippen LogP contribution in [0, 0.1) is 0 Å². The third-order valence-electron chi connectivity index (χ3n) is 3.28. The summed E-state index contributed by atoms with van der Waals surface area (Å²) in [6, 6.07) is 0. The second kappa shape index (κ2) is 10.4. The second-order valence-corrected chi connectivity index (χ2v) is 6.87. The van der Waals surface area contributed by atoms with Crippen molar-refractivity contribution in [3.8, 4) is 0 Å². The molecule has 5 atom stereocenters. The number of carbonyl (C=O) groups excluding carboxylic acids is 4. The van der Waals surface area contributed by atoms with E-state index in [1.54, 1.807) is 6.92 Å². The van der Waals surface area contributed by atoms with Crippen LogP contribution in [0.1, 0.15) is 34.6 Å². The van der Waals surface area contributed by atoms with E-state index in [1.165, 1.54) is 39.5 Å². The Morgan fingerprint density at radius 1 is 0.769 bits per heavy atom. The topological polar surface area (TPSA) is 114 Å². The average molecular weight is 392 g/mol. The molecule has 0 radical (unpaired) electrons. The average Bonchev–Trinajstić information content (AvgIpc) is 2.50. The first kappa shape index (κ1) is 22.2. The third kappa shape index (κ3) is 6.83. The van der Waals surface area contributed by atoms with Crippen molar-refractivity contribution >= 4 is 35.6 Å². The summed E-state index contributed by atoms with van der Waals surface area (Å²) in [5.74, 6) is -2.36. The molecule has 26 heavy (non-hydrogen) atoms. The van der Waals surface area contributed by atoms with Gasteiger partial charge in [-0.3, -0.25) is 19.2 Å². The maximum absolute atomic E-state index is 11.6. The molecule has 1 unspecified atom stereocenters. The van der Waals surface area contributed by atoms with Gasteiger partial charge in [0, 0.05) is 34.3 Å². The van der Waals surface area contributed by atoms with Crippen LogP contribution in [0.3, 0.4) is 0 Å². The van der Waals surface area contributed by atoms with Gasteiger partial charge in [0.2, 0.25) is 0 Å². The summed E-state index contributed by atoms with van der Waals surface area (Å²) in [6.45, 7) is 6.82. The fourth-order valence-electron chi connectivity index (χ4n) is 2.49. The maximum Gasteiger partial charge on any atom is 0.303 e. The lowest BCUT2D eigenvalue weighted by Gasteiger charge is -2.43. The van der Waals surface area contributed by atoms with E-state index in [9.17, 15) is 19.2 Å². The van der Waals surface area contributed by atoms with Crippen LogP contribution in [-0.2, 0) is 42.9 Å². The van der Waals surface area contributed by atoms with Gasteiger partial charge in [-0.15, -0.1) is 11.8 Å². The highest BCUT2D eigenvalue weighted by atomic mass is 32.2. The van der Waals surface area contributed by atoms with E-state index in [0.717, 1.165) is 0 Å². The largest absolute Gasteiger partial charge is 0.465 e. The van der Waals surface area contributed by atoms with Crippen molar-refractivity contribution < 1.29 is 42.9 Å². The van der Waals surface area contributed by atoms with Crippen molar-refractivity contribution in [2.45, 2.75) is 63.6 Å². The Kier molecular flexibility index (Phi) is 8.86. The molecule has 0 aromatic heterocycles. The molecule has 10 heteroatoms. The quantitative estimate of drug-likeness (QED) is 0.455. The molecule has 0 aliphatic carbocycles. The third-order valence-corrected chi connectivity index (χ3v) is 4.71. The van der Waals surface area contributed by atoms with E-state index in [-0.39, 0.29) is 6.61 Å². The highest BCUT2D eigenvalue weighted by Crippen LogP contribution is 2.38. The Hall–Kier alpha value is -1.81. The van der Waals surface area contributed by atoms with Crippen molar-refractivity contribution in [3.05, 3.63) is 0 Å². The molecular formula is C16H24O9S. The minimum Gasteiger partial charge on any atom is -0.465 e. The van der Waals surface area contributed by atoms with Crippen LogP contribution in [0.4, 0.5) is 0 Å². The van der Waals surface area contributed by atoms with E-state index in [2.05, 4.69) is 0 Å². The number of thioether (sulfide) groups is 1. The first-order valence-electron chi connectivity index (χ1n) is 8.07. The first-order valence-corrected chi connectivity index (χ1v) is 9.02. The number of hydrogen-bond donors (Lipinski definition) is 0. The van der Waals surface area contributed by atoms with Gasteiger partial charge < -0.3 is 23.7 Å². The summed E-state index contributed by atoms with van der Waals surface area (Å²) in [5, 5.41) is -0.574. The smallest absolute Gasteiger partial charge is 0.303 e. The molecule has 1 saturated heterocycles. The molecule has 1 fully saturated rings. The fourth-order valence-corrected chi connectivity index (χ4v) is 3.92. The van der Waals surface area contributed by atoms with Gasteiger partial charge in [0.1, 0.15) is 12.0 Å². The summed E-state index contributed by atoms with van der Waals surface area (Å²) in [7, 11) is 0. The van der Waals surface area contributed by atoms with Gasteiger partial charge in [0.15, 0.2) is 18.3 Å². The molecule has 0 N–H and O–H groups in total. The Balaban J connectivity index is 3.22. The summed E-state index contributed by atoms with van der Waals surface area (Å²) in [5.41, 5.74) is -0.694. The molecule has 1 aliphatic heterocycles. The molecule has 0 saturated carbocycles. The molecule has 1 heterocycles. The zero-order valence-electron chi connectivity index (χ0n) is 15.4. The standard InChI is InChI=1S/C16H24O9S/c1-6-21-16-15(25-11(5)20)14(24-10(4)19)13(23-9(3)18)12(26-16)7-22-8(2)17/h12-16H,6-7H2,1-5H3/t12-,13-,14+,15-,16?/m1/s1. The maximum atomic E-state index is 11.6. The van der Waals surface area contributed by atoms with Crippen LogP contribution in [0.2, 0.25) is 0 Å². The molecular weight excluding hydrogens is 368 g/mol. The number of hydrogen-bond acceptors (Lipinski definition) is 10. The highest BCUT2D eigenvalue weighted by Gasteiger charge is 2.52. The lowest BCUT2D eigenvalue weighted by Crippen LogP contribution is -2.59. The van der Waals surface area contributed by atoms with Crippen LogP contribution in [0.15, 0.2) is 0 Å². The van der Waals surface area contributed by atoms with Gasteiger partial charge in [-0.2, -0.15) is 0 Å². The summed E-state index contributed by atoms with van der Waals surface area (Å²) >= 11 is 1.18. The highest BCUT2D eigenvalue weighted by molar-refractivity contribution is 8.00. The van der Waals surface area contributed by atoms with Gasteiger partial charge in [0.25, 0.3) is 0 Å². The molecule has 0 aromatic carbocycles. The molecule has 0 aromatic rings. The fraction of sp³-hybridized carbons (Fsp3) is 0.750. The van der Waals surface area contributed by atoms with Crippen molar-refractivity contribution in [1.29, 1.82) is 0 Å². The minimum atomic E-state index is -1.10. The molecule has 0 amide bonds. The summed E-state index contributed by atoms with van der Waals surface area (Å²) < 4.78 is 26.6. The van der Waals surface area contributed by atoms with Crippen LogP contribution < -0.4 is 0 Å². The van der Waals surface area contributed by atoms with Gasteiger partial charge in [-0.25, -0.2) is 0 Å². The summed E-state index contributed by atoms with van der Waals surface area (Å²) in [4.78, 5) is 45.8. The second-order valence-electron chi connectivity index (χ2n) is 5.52. The van der Waals surface area contributed by atoms with Gasteiger partial charge in [-0.05, 0) is 6.92 Å². The minimum absolute atomic E-state index is 0.0912. The van der Waals surface area contributed by atoms with Crippen molar-refractivity contribution in [3.63, 3.8) is 0 Å². The lowest BCUT2D eigenvalue weighted by molar-refractivity contribution is -0.193. The van der Waals surface area contributed by atoms with Crippen LogP contribution >= 0.6 is 11.8 Å². The van der Waals surface area contributed by atoms with E-state index in [0.29, 0.717) is 6.61 Å². The predicted octanol–water partition coefficient (Wildman–Crippen LogP) is 0.823. The number of rotatable bonds is 7. The number of ether oxygens (including phenoxy) is 5. The first-order chi connectivity index (χ1) is 12.1. The predicted molar refractivity (Wildman–Crippen MR) is 90.1 cm³/mol. The van der Waals surface area contributed by atoms with Gasteiger partial charge >= 0.3 is 23.9 Å². The van der Waals surface area contributed by atoms with Crippen molar-refractivity contribution in [2.75, 3.05) is 13.2 Å². The summed E-state index contributed by atoms with van der Waals surface area (Å²) in [6.07, 6.45) is -3.07. The van der Waals surface area contributed by atoms with Gasteiger partial charge in [-0.1, -0.05) is 0 Å². The number of esters is 4. The van der Waals surface area contributed by atoms with E-state index in [1.807, 2.05) is 0 Å². The molecule has 148 valence electrons. The van der Waals surface area contributed by atoms with Crippen LogP contribution in [0.5, 0.6) is 0 Å². The zero-order valence-corrected chi connectivity index (χ0v) is 16.2. The molecule has 1 rings (SSSR count). The van der Waals surface area contributed by atoms with E-state index >= 15 is 0 Å². The Morgan fingerprint density at radius 2 is 1.27 bits per heavy atom.